The fraction of sp³-hybridized carbons (Fsp3) is 0.350. The lowest BCUT2D eigenvalue weighted by Gasteiger charge is -2.31. The van der Waals surface area contributed by atoms with Gasteiger partial charge in [0.05, 0.1) is 22.9 Å². The van der Waals surface area contributed by atoms with Gasteiger partial charge in [0.1, 0.15) is 11.5 Å². The highest BCUT2D eigenvalue weighted by Gasteiger charge is 2.45. The van der Waals surface area contributed by atoms with Gasteiger partial charge in [-0.05, 0) is 54.9 Å². The number of alkyl halides is 3. The second-order valence-corrected chi connectivity index (χ2v) is 6.92. The lowest BCUT2D eigenvalue weighted by Crippen LogP contribution is -2.42. The van der Waals surface area contributed by atoms with Crippen LogP contribution in [0, 0.1) is 11.3 Å². The van der Waals surface area contributed by atoms with E-state index in [0.29, 0.717) is 23.4 Å². The highest BCUT2D eigenvalue weighted by molar-refractivity contribution is 5.69. The first-order valence-electron chi connectivity index (χ1n) is 8.75. The number of piperidine rings is 1. The Bertz CT molecular complexity index is 902. The second-order valence-electron chi connectivity index (χ2n) is 6.92. The highest BCUT2D eigenvalue weighted by Crippen LogP contribution is 2.50. The Kier molecular flexibility index (Phi) is 4.23. The molecule has 0 aromatic heterocycles. The number of rotatable bonds is 2. The van der Waals surface area contributed by atoms with Gasteiger partial charge in [-0.1, -0.05) is 0 Å². The monoisotopic (exact) mass is 373 g/mol. The molecule has 0 aliphatic carbocycles. The summed E-state index contributed by atoms with van der Waals surface area (Å²) in [6, 6.07) is 11.2. The standard InChI is InChI=1S/C20H18F3N3O/c1-26-18-6-7-25-11-16(18)15-8-14(9-17(19(15)26)20(21,22)23)27-13-4-2-12(10-24)3-5-13/h2-5,8-9,16,18,25H,6-7,11H2,1H3/t16-,18-/m1/s1. The molecule has 2 aliphatic rings. The molecule has 0 radical (unpaired) electrons. The van der Waals surface area contributed by atoms with E-state index in [9.17, 15) is 13.2 Å². The number of likely N-dealkylation sites (N-methyl/N-ethyl adjacent to an activating group) is 1. The number of nitrogens with zero attached hydrogens (tertiary/aromatic N) is 2. The zero-order valence-corrected chi connectivity index (χ0v) is 14.7. The average Bonchev–Trinajstić information content (AvgIpc) is 2.94. The third kappa shape index (κ3) is 3.10. The lowest BCUT2D eigenvalue weighted by molar-refractivity contribution is -0.137. The minimum atomic E-state index is -4.47. The van der Waals surface area contributed by atoms with Crippen LogP contribution in [0.3, 0.4) is 0 Å². The molecule has 2 atom stereocenters. The van der Waals surface area contributed by atoms with Crippen LogP contribution in [0.2, 0.25) is 0 Å². The molecule has 1 fully saturated rings. The Labute approximate surface area is 155 Å². The summed E-state index contributed by atoms with van der Waals surface area (Å²) in [5.74, 6) is 0.557. The molecule has 2 aromatic rings. The van der Waals surface area contributed by atoms with Crippen LogP contribution in [-0.2, 0) is 6.18 Å². The Morgan fingerprint density at radius 2 is 1.93 bits per heavy atom. The van der Waals surface area contributed by atoms with Gasteiger partial charge in [-0.25, -0.2) is 0 Å². The van der Waals surface area contributed by atoms with Gasteiger partial charge in [-0.15, -0.1) is 0 Å². The van der Waals surface area contributed by atoms with Gasteiger partial charge in [0.15, 0.2) is 0 Å². The van der Waals surface area contributed by atoms with Crippen molar-refractivity contribution in [1.82, 2.24) is 5.32 Å². The third-order valence-corrected chi connectivity index (χ3v) is 5.33. The Balaban J connectivity index is 1.77. The van der Waals surface area contributed by atoms with Gasteiger partial charge in [-0.3, -0.25) is 0 Å². The predicted molar refractivity (Wildman–Crippen MR) is 95.1 cm³/mol. The first kappa shape index (κ1) is 17.7. The number of ether oxygens (including phenoxy) is 1. The Morgan fingerprint density at radius 1 is 1.19 bits per heavy atom. The summed E-state index contributed by atoms with van der Waals surface area (Å²) in [4.78, 5) is 1.77. The molecule has 1 N–H and O–H groups in total. The van der Waals surface area contributed by atoms with Crippen molar-refractivity contribution in [1.29, 1.82) is 5.26 Å². The highest BCUT2D eigenvalue weighted by atomic mass is 19.4. The number of benzene rings is 2. The first-order valence-corrected chi connectivity index (χ1v) is 8.75. The van der Waals surface area contributed by atoms with Crippen LogP contribution >= 0.6 is 0 Å². The summed E-state index contributed by atoms with van der Waals surface area (Å²) < 4.78 is 47.0. The maximum absolute atomic E-state index is 13.8. The Morgan fingerprint density at radius 3 is 2.59 bits per heavy atom. The van der Waals surface area contributed by atoms with Crippen molar-refractivity contribution in [2.75, 3.05) is 25.0 Å². The number of nitrogens with one attached hydrogen (secondary N) is 1. The molecule has 2 heterocycles. The summed E-state index contributed by atoms with van der Waals surface area (Å²) in [6.07, 6.45) is -3.66. The largest absolute Gasteiger partial charge is 0.457 e. The first-order chi connectivity index (χ1) is 12.9. The van der Waals surface area contributed by atoms with E-state index in [2.05, 4.69) is 5.32 Å². The lowest BCUT2D eigenvalue weighted by atomic mass is 9.89. The van der Waals surface area contributed by atoms with Crippen molar-refractivity contribution < 1.29 is 17.9 Å². The van der Waals surface area contributed by atoms with Crippen molar-refractivity contribution in [3.05, 3.63) is 53.1 Å². The van der Waals surface area contributed by atoms with E-state index in [0.717, 1.165) is 19.0 Å². The normalized spacial score (nSPS) is 21.4. The van der Waals surface area contributed by atoms with Crippen LogP contribution in [0.25, 0.3) is 0 Å². The van der Waals surface area contributed by atoms with Crippen LogP contribution in [0.4, 0.5) is 18.9 Å². The van der Waals surface area contributed by atoms with Crippen molar-refractivity contribution in [2.24, 2.45) is 0 Å². The zero-order valence-electron chi connectivity index (χ0n) is 14.7. The van der Waals surface area contributed by atoms with Crippen LogP contribution < -0.4 is 15.0 Å². The fourth-order valence-electron chi connectivity index (χ4n) is 4.11. The molecular weight excluding hydrogens is 355 g/mol. The smallest absolute Gasteiger partial charge is 0.418 e. The van der Waals surface area contributed by atoms with Gasteiger partial charge in [-0.2, -0.15) is 18.4 Å². The number of anilines is 1. The topological polar surface area (TPSA) is 48.3 Å². The summed E-state index contributed by atoms with van der Waals surface area (Å²) in [6.45, 7) is 1.45. The van der Waals surface area contributed by atoms with Crippen LogP contribution in [-0.4, -0.2) is 26.2 Å². The van der Waals surface area contributed by atoms with Crippen molar-refractivity contribution in [2.45, 2.75) is 24.6 Å². The van der Waals surface area contributed by atoms with E-state index in [4.69, 9.17) is 10.00 Å². The van der Waals surface area contributed by atoms with E-state index < -0.39 is 11.7 Å². The van der Waals surface area contributed by atoms with Gasteiger partial charge in [0.25, 0.3) is 0 Å². The molecule has 1 saturated heterocycles. The second kappa shape index (κ2) is 6.46. The van der Waals surface area contributed by atoms with E-state index in [1.54, 1.807) is 42.3 Å². The number of hydrogen-bond acceptors (Lipinski definition) is 4. The molecule has 2 aromatic carbocycles. The summed E-state index contributed by atoms with van der Waals surface area (Å²) in [5, 5.41) is 12.1. The molecule has 2 aliphatic heterocycles. The molecule has 0 amide bonds. The van der Waals surface area contributed by atoms with Crippen LogP contribution in [0.1, 0.15) is 29.0 Å². The molecule has 0 spiro atoms. The van der Waals surface area contributed by atoms with E-state index >= 15 is 0 Å². The van der Waals surface area contributed by atoms with Crippen molar-refractivity contribution in [3.63, 3.8) is 0 Å². The van der Waals surface area contributed by atoms with Crippen LogP contribution in [0.5, 0.6) is 11.5 Å². The van der Waals surface area contributed by atoms with Crippen molar-refractivity contribution >= 4 is 5.69 Å². The predicted octanol–water partition coefficient (Wildman–Crippen LogP) is 4.26. The van der Waals surface area contributed by atoms with E-state index in [-0.39, 0.29) is 23.4 Å². The maximum Gasteiger partial charge on any atom is 0.418 e. The van der Waals surface area contributed by atoms with Crippen LogP contribution in [0.15, 0.2) is 36.4 Å². The molecular formula is C20H18F3N3O. The summed E-state index contributed by atoms with van der Waals surface area (Å²) in [7, 11) is 1.74. The number of fused-ring (bicyclic) bond motifs is 3. The fourth-order valence-corrected chi connectivity index (χ4v) is 4.11. The summed E-state index contributed by atoms with van der Waals surface area (Å²) in [5.41, 5.74) is 0.729. The van der Waals surface area contributed by atoms with Gasteiger partial charge >= 0.3 is 6.18 Å². The molecule has 0 saturated carbocycles. The maximum atomic E-state index is 13.8. The van der Waals surface area contributed by atoms with E-state index in [1.165, 1.54) is 0 Å². The summed E-state index contributed by atoms with van der Waals surface area (Å²) >= 11 is 0. The zero-order chi connectivity index (χ0) is 19.2. The van der Waals surface area contributed by atoms with Gasteiger partial charge < -0.3 is 15.0 Å². The number of halogens is 3. The average molecular weight is 373 g/mol. The Hall–Kier alpha value is -2.72. The van der Waals surface area contributed by atoms with Crippen molar-refractivity contribution in [3.8, 4) is 17.6 Å². The molecule has 27 heavy (non-hydrogen) atoms. The third-order valence-electron chi connectivity index (χ3n) is 5.33. The molecule has 4 nitrogen and oxygen atoms in total. The quantitative estimate of drug-likeness (QED) is 0.854. The molecule has 0 bridgehead atoms. The minimum Gasteiger partial charge on any atom is -0.457 e. The van der Waals surface area contributed by atoms with Gasteiger partial charge in [0, 0.05) is 25.6 Å². The molecule has 4 rings (SSSR count). The van der Waals surface area contributed by atoms with E-state index in [1.807, 2.05) is 6.07 Å². The minimum absolute atomic E-state index is 0.00404. The number of hydrogen-bond donors (Lipinski definition) is 1. The SMILES string of the molecule is CN1c2c(cc(Oc3ccc(C#N)cc3)cc2C(F)(F)F)[C@H]2CNCC[C@H]21. The number of nitriles is 1. The molecule has 0 unspecified atom stereocenters. The molecule has 7 heteroatoms. The molecule has 140 valence electrons. The van der Waals surface area contributed by atoms with Gasteiger partial charge in [0.2, 0.25) is 0 Å².